The van der Waals surface area contributed by atoms with Crippen molar-refractivity contribution in [3.8, 4) is 0 Å². The van der Waals surface area contributed by atoms with Crippen molar-refractivity contribution in [3.05, 3.63) is 29.3 Å². The summed E-state index contributed by atoms with van der Waals surface area (Å²) in [5.41, 5.74) is 0.898. The number of carbonyl (C=O) groups is 1. The van der Waals surface area contributed by atoms with E-state index in [2.05, 4.69) is 46.1 Å². The molecule has 1 heterocycles. The lowest BCUT2D eigenvalue weighted by molar-refractivity contribution is -0.902. The van der Waals surface area contributed by atoms with Gasteiger partial charge in [-0.1, -0.05) is 19.1 Å². The third kappa shape index (κ3) is 4.05. The summed E-state index contributed by atoms with van der Waals surface area (Å²) in [6.07, 6.45) is 0.922. The highest BCUT2D eigenvalue weighted by Gasteiger charge is 2.24. The average molecular weight is 320 g/mol. The molecule has 0 fully saturated rings. The van der Waals surface area contributed by atoms with Crippen LogP contribution in [0.4, 0.5) is 0 Å². The van der Waals surface area contributed by atoms with E-state index < -0.39 is 0 Å². The van der Waals surface area contributed by atoms with Crippen LogP contribution in [0.2, 0.25) is 0 Å². The smallest absolute Gasteiger partial charge is 0.275 e. The first-order valence-corrected chi connectivity index (χ1v) is 8.63. The van der Waals surface area contributed by atoms with E-state index in [0.29, 0.717) is 6.54 Å². The molecule has 2 rings (SSSR count). The van der Waals surface area contributed by atoms with Crippen LogP contribution in [0, 0.1) is 0 Å². The Kier molecular flexibility index (Phi) is 5.19. The number of nitrogens with zero attached hydrogens (tertiary/aromatic N) is 1. The molecule has 120 valence electrons. The van der Waals surface area contributed by atoms with E-state index in [4.69, 9.17) is 4.98 Å². The zero-order valence-electron chi connectivity index (χ0n) is 14.1. The molecule has 0 aliphatic heterocycles. The highest BCUT2D eigenvalue weighted by Crippen LogP contribution is 2.24. The van der Waals surface area contributed by atoms with Gasteiger partial charge in [-0.3, -0.25) is 4.79 Å². The maximum Gasteiger partial charge on any atom is 0.275 e. The molecule has 0 spiro atoms. The Bertz CT molecular complexity index is 617. The Morgan fingerprint density at radius 3 is 2.73 bits per heavy atom. The molecule has 0 bridgehead atoms. The number of thiazole rings is 1. The van der Waals surface area contributed by atoms with Gasteiger partial charge in [-0.2, -0.15) is 0 Å². The van der Waals surface area contributed by atoms with Gasteiger partial charge in [0.25, 0.3) is 5.91 Å². The molecule has 0 aliphatic carbocycles. The quantitative estimate of drug-likeness (QED) is 0.857. The van der Waals surface area contributed by atoms with Crippen LogP contribution in [-0.4, -0.2) is 30.0 Å². The van der Waals surface area contributed by atoms with Crippen LogP contribution in [0.15, 0.2) is 24.3 Å². The highest BCUT2D eigenvalue weighted by atomic mass is 32.1. The molecule has 2 atom stereocenters. The molecular formula is C17H26N3OS+. The lowest BCUT2D eigenvalue weighted by atomic mass is 10.0. The van der Waals surface area contributed by atoms with Gasteiger partial charge >= 0.3 is 0 Å². The Morgan fingerprint density at radius 1 is 1.41 bits per heavy atom. The van der Waals surface area contributed by atoms with Crippen LogP contribution in [0.5, 0.6) is 0 Å². The van der Waals surface area contributed by atoms with Crippen molar-refractivity contribution in [1.82, 2.24) is 10.3 Å². The van der Waals surface area contributed by atoms with E-state index >= 15 is 0 Å². The Labute approximate surface area is 136 Å². The molecule has 0 saturated heterocycles. The van der Waals surface area contributed by atoms with Gasteiger partial charge in [-0.05, 0) is 39.3 Å². The summed E-state index contributed by atoms with van der Waals surface area (Å²) in [5.74, 6) is 0.0947. The zero-order valence-corrected chi connectivity index (χ0v) is 14.9. The fraction of sp³-hybridized carbons (Fsp3) is 0.529. The van der Waals surface area contributed by atoms with Crippen molar-refractivity contribution in [3.63, 3.8) is 0 Å². The highest BCUT2D eigenvalue weighted by molar-refractivity contribution is 7.18. The number of hydrogen-bond acceptors (Lipinski definition) is 3. The van der Waals surface area contributed by atoms with Crippen molar-refractivity contribution in [2.24, 2.45) is 0 Å². The van der Waals surface area contributed by atoms with Crippen molar-refractivity contribution >= 4 is 27.5 Å². The van der Waals surface area contributed by atoms with Crippen LogP contribution in [0.1, 0.15) is 45.2 Å². The molecule has 1 amide bonds. The van der Waals surface area contributed by atoms with Crippen LogP contribution < -0.4 is 10.2 Å². The standard InChI is InChI=1S/C17H25N3OS/c1-6-17(3,4)19-15(21)11-20(5)12(2)16-18-13-9-7-8-10-14(13)22-16/h7-10,12H,6,11H2,1-5H3,(H,19,21)/p+1/t12-/m1/s1. The number of carbonyl (C=O) groups excluding carboxylic acids is 1. The second-order valence-corrected chi connectivity index (χ2v) is 7.61. The van der Waals surface area contributed by atoms with Gasteiger partial charge in [-0.15, -0.1) is 11.3 Å². The molecule has 1 unspecified atom stereocenters. The molecular weight excluding hydrogens is 294 g/mol. The van der Waals surface area contributed by atoms with Crippen molar-refractivity contribution < 1.29 is 9.69 Å². The minimum atomic E-state index is -0.142. The second kappa shape index (κ2) is 6.75. The number of aromatic nitrogens is 1. The number of benzene rings is 1. The monoisotopic (exact) mass is 320 g/mol. The van der Waals surface area contributed by atoms with E-state index in [-0.39, 0.29) is 17.5 Å². The number of rotatable bonds is 6. The van der Waals surface area contributed by atoms with Crippen LogP contribution in [0.25, 0.3) is 10.2 Å². The molecule has 1 aromatic heterocycles. The molecule has 2 N–H and O–H groups in total. The number of para-hydroxylation sites is 1. The van der Waals surface area contributed by atoms with E-state index in [0.717, 1.165) is 21.8 Å². The second-order valence-electron chi connectivity index (χ2n) is 6.55. The third-order valence-electron chi connectivity index (χ3n) is 4.22. The number of hydrogen-bond donors (Lipinski definition) is 2. The first-order valence-electron chi connectivity index (χ1n) is 7.81. The minimum absolute atomic E-state index is 0.0947. The van der Waals surface area contributed by atoms with Crippen LogP contribution >= 0.6 is 11.3 Å². The molecule has 2 aromatic rings. The summed E-state index contributed by atoms with van der Waals surface area (Å²) >= 11 is 1.71. The summed E-state index contributed by atoms with van der Waals surface area (Å²) < 4.78 is 1.20. The molecule has 0 aliphatic rings. The molecule has 22 heavy (non-hydrogen) atoms. The van der Waals surface area contributed by atoms with Gasteiger partial charge in [-0.25, -0.2) is 4.98 Å². The largest absolute Gasteiger partial charge is 0.346 e. The van der Waals surface area contributed by atoms with Gasteiger partial charge in [0.1, 0.15) is 6.04 Å². The molecule has 1 aromatic carbocycles. The van der Waals surface area contributed by atoms with Crippen molar-refractivity contribution in [1.29, 1.82) is 0 Å². The number of amides is 1. The lowest BCUT2D eigenvalue weighted by Crippen LogP contribution is -3.10. The predicted molar refractivity (Wildman–Crippen MR) is 92.3 cm³/mol. The summed E-state index contributed by atoms with van der Waals surface area (Å²) in [6.45, 7) is 8.78. The third-order valence-corrected chi connectivity index (χ3v) is 5.44. The van der Waals surface area contributed by atoms with E-state index in [1.807, 2.05) is 18.2 Å². The number of fused-ring (bicyclic) bond motifs is 1. The lowest BCUT2D eigenvalue weighted by Gasteiger charge is -2.26. The topological polar surface area (TPSA) is 46.4 Å². The summed E-state index contributed by atoms with van der Waals surface area (Å²) in [4.78, 5) is 18.0. The van der Waals surface area contributed by atoms with Crippen LogP contribution in [0.3, 0.4) is 0 Å². The van der Waals surface area contributed by atoms with Gasteiger partial charge in [0, 0.05) is 5.54 Å². The first-order chi connectivity index (χ1) is 10.3. The normalized spacial score (nSPS) is 14.8. The average Bonchev–Trinajstić information content (AvgIpc) is 2.89. The number of nitrogens with one attached hydrogen (secondary N) is 2. The fourth-order valence-corrected chi connectivity index (χ4v) is 3.31. The molecule has 0 radical (unpaired) electrons. The summed E-state index contributed by atoms with van der Waals surface area (Å²) in [5, 5.41) is 4.18. The fourth-order valence-electron chi connectivity index (χ4n) is 2.20. The van der Waals surface area contributed by atoms with E-state index in [9.17, 15) is 4.79 Å². The van der Waals surface area contributed by atoms with Gasteiger partial charge in [0.05, 0.1) is 17.3 Å². The minimum Gasteiger partial charge on any atom is -0.346 e. The molecule has 5 heteroatoms. The first kappa shape index (κ1) is 16.9. The number of likely N-dealkylation sites (N-methyl/N-ethyl adjacent to an activating group) is 1. The van der Waals surface area contributed by atoms with E-state index in [1.165, 1.54) is 4.70 Å². The summed E-state index contributed by atoms with van der Waals surface area (Å²) in [6, 6.07) is 8.37. The van der Waals surface area contributed by atoms with E-state index in [1.54, 1.807) is 11.3 Å². The molecule has 0 saturated carbocycles. The van der Waals surface area contributed by atoms with Crippen molar-refractivity contribution in [2.45, 2.75) is 45.7 Å². The van der Waals surface area contributed by atoms with Crippen LogP contribution in [-0.2, 0) is 4.79 Å². The maximum absolute atomic E-state index is 12.2. The summed E-state index contributed by atoms with van der Waals surface area (Å²) in [7, 11) is 2.05. The van der Waals surface area contributed by atoms with Gasteiger partial charge in [0.2, 0.25) is 0 Å². The Balaban J connectivity index is 2.02. The van der Waals surface area contributed by atoms with Gasteiger partial charge in [0.15, 0.2) is 11.6 Å². The predicted octanol–water partition coefficient (Wildman–Crippen LogP) is 2.18. The molecule has 4 nitrogen and oxygen atoms in total. The number of quaternary nitrogens is 1. The SMILES string of the molecule is CCC(C)(C)NC(=O)C[NH+](C)[C@H](C)c1nc2ccccc2s1. The Morgan fingerprint density at radius 2 is 2.09 bits per heavy atom. The van der Waals surface area contributed by atoms with Crippen molar-refractivity contribution in [2.75, 3.05) is 13.6 Å². The van der Waals surface area contributed by atoms with Gasteiger partial charge < -0.3 is 10.2 Å². The Hall–Kier alpha value is -1.46. The maximum atomic E-state index is 12.2. The zero-order chi connectivity index (χ0) is 16.3.